The molecule has 1 aromatic heterocycles. The van der Waals surface area contributed by atoms with E-state index in [4.69, 9.17) is 4.42 Å². The third-order valence-electron chi connectivity index (χ3n) is 6.05. The van der Waals surface area contributed by atoms with Crippen molar-refractivity contribution in [2.75, 3.05) is 49.6 Å². The van der Waals surface area contributed by atoms with Gasteiger partial charge in [-0.3, -0.25) is 4.79 Å². The van der Waals surface area contributed by atoms with E-state index in [-0.39, 0.29) is 12.5 Å². The van der Waals surface area contributed by atoms with Crippen LogP contribution in [-0.2, 0) is 17.4 Å². The van der Waals surface area contributed by atoms with E-state index in [0.717, 1.165) is 24.1 Å². The van der Waals surface area contributed by atoms with Gasteiger partial charge in [-0.25, -0.2) is 4.98 Å². The highest BCUT2D eigenvalue weighted by molar-refractivity contribution is 5.83. The Hall–Kier alpha value is -3.49. The highest BCUT2D eigenvalue weighted by Crippen LogP contribution is 2.33. The Morgan fingerprint density at radius 1 is 1.06 bits per heavy atom. The lowest BCUT2D eigenvalue weighted by atomic mass is 10.1. The van der Waals surface area contributed by atoms with E-state index >= 15 is 0 Å². The van der Waals surface area contributed by atoms with Crippen molar-refractivity contribution < 1.29 is 22.4 Å². The van der Waals surface area contributed by atoms with Crippen molar-refractivity contribution in [1.82, 2.24) is 9.88 Å². The lowest BCUT2D eigenvalue weighted by Gasteiger charge is -2.37. The topological polar surface area (TPSA) is 52.8 Å². The molecule has 2 aromatic carbocycles. The molecule has 0 radical (unpaired) electrons. The van der Waals surface area contributed by atoms with Crippen LogP contribution in [0.25, 0.3) is 11.3 Å². The number of anilines is 2. The van der Waals surface area contributed by atoms with Crippen LogP contribution in [0.15, 0.2) is 59.0 Å². The van der Waals surface area contributed by atoms with Gasteiger partial charge in [0, 0.05) is 50.9 Å². The number of carbonyl (C=O) groups is 1. The largest absolute Gasteiger partial charge is 0.424 e. The highest BCUT2D eigenvalue weighted by atomic mass is 19.4. The lowest BCUT2D eigenvalue weighted by Crippen LogP contribution is -2.51. The molecule has 0 atom stereocenters. The van der Waals surface area contributed by atoms with E-state index in [1.165, 1.54) is 6.07 Å². The Labute approximate surface area is 203 Å². The van der Waals surface area contributed by atoms with E-state index < -0.39 is 11.7 Å². The molecule has 3 aromatic rings. The Morgan fingerprint density at radius 2 is 1.77 bits per heavy atom. The van der Waals surface area contributed by atoms with Gasteiger partial charge in [-0.1, -0.05) is 43.3 Å². The van der Waals surface area contributed by atoms with Crippen molar-refractivity contribution in [1.29, 1.82) is 0 Å². The first-order valence-corrected chi connectivity index (χ1v) is 11.7. The molecule has 2 heterocycles. The summed E-state index contributed by atoms with van der Waals surface area (Å²) in [6.45, 7) is 3.98. The number of hydrogen-bond acceptors (Lipinski definition) is 5. The number of likely N-dealkylation sites (N-methyl/N-ethyl adjacent to an activating group) is 1. The van der Waals surface area contributed by atoms with Gasteiger partial charge in [0.05, 0.1) is 12.1 Å². The quantitative estimate of drug-likeness (QED) is 0.465. The van der Waals surface area contributed by atoms with Crippen molar-refractivity contribution in [3.63, 3.8) is 0 Å². The molecule has 35 heavy (non-hydrogen) atoms. The molecule has 6 nitrogen and oxygen atoms in total. The van der Waals surface area contributed by atoms with Crippen molar-refractivity contribution in [3.8, 4) is 11.3 Å². The maximum absolute atomic E-state index is 13.1. The first kappa shape index (κ1) is 24.6. The first-order valence-electron chi connectivity index (χ1n) is 11.7. The number of halogens is 3. The molecule has 1 fully saturated rings. The fourth-order valence-corrected chi connectivity index (χ4v) is 4.19. The minimum absolute atomic E-state index is 0.0661. The van der Waals surface area contributed by atoms with E-state index in [0.29, 0.717) is 55.8 Å². The van der Waals surface area contributed by atoms with Gasteiger partial charge in [-0.2, -0.15) is 13.2 Å². The minimum atomic E-state index is -4.38. The van der Waals surface area contributed by atoms with Crippen LogP contribution in [0.5, 0.6) is 0 Å². The van der Waals surface area contributed by atoms with Gasteiger partial charge in [0.1, 0.15) is 5.69 Å². The molecular weight excluding hydrogens is 457 g/mol. The predicted molar refractivity (Wildman–Crippen MR) is 129 cm³/mol. The van der Waals surface area contributed by atoms with Crippen LogP contribution in [0.1, 0.15) is 24.8 Å². The third-order valence-corrected chi connectivity index (χ3v) is 6.05. The van der Waals surface area contributed by atoms with Crippen LogP contribution in [0, 0.1) is 0 Å². The van der Waals surface area contributed by atoms with Crippen molar-refractivity contribution in [2.24, 2.45) is 0 Å². The number of carbonyl (C=O) groups excluding carboxylic acids is 1. The molecule has 186 valence electrons. The van der Waals surface area contributed by atoms with Gasteiger partial charge in [0.15, 0.2) is 5.89 Å². The van der Waals surface area contributed by atoms with Gasteiger partial charge in [0.2, 0.25) is 11.8 Å². The summed E-state index contributed by atoms with van der Waals surface area (Å²) in [5.74, 6) is 1.12. The fourth-order valence-electron chi connectivity index (χ4n) is 4.19. The number of aromatic nitrogens is 1. The standard InChI is InChI=1S/C26H29F3N4O2/c1-3-8-22-30-24(19-9-5-4-6-10-19)25(35-22)31(2)18-23(34)33-15-13-32(14-16-33)21-12-7-11-20(17-21)26(27,28)29/h4-7,9-12,17H,3,8,13-16,18H2,1-2H3. The van der Waals surface area contributed by atoms with Crippen LogP contribution in [-0.4, -0.2) is 55.6 Å². The average Bonchev–Trinajstić information content (AvgIpc) is 3.29. The number of benzene rings is 2. The molecule has 1 aliphatic heterocycles. The smallest absolute Gasteiger partial charge is 0.416 e. The van der Waals surface area contributed by atoms with Crippen LogP contribution in [0.2, 0.25) is 0 Å². The van der Waals surface area contributed by atoms with E-state index in [2.05, 4.69) is 11.9 Å². The maximum Gasteiger partial charge on any atom is 0.416 e. The minimum Gasteiger partial charge on any atom is -0.424 e. The molecule has 0 unspecified atom stereocenters. The maximum atomic E-state index is 13.1. The number of oxazole rings is 1. The van der Waals surface area contributed by atoms with Gasteiger partial charge >= 0.3 is 6.18 Å². The zero-order chi connectivity index (χ0) is 25.0. The van der Waals surface area contributed by atoms with Crippen molar-refractivity contribution in [2.45, 2.75) is 25.9 Å². The number of alkyl halides is 3. The molecule has 0 aliphatic carbocycles. The molecule has 0 spiro atoms. The zero-order valence-corrected chi connectivity index (χ0v) is 19.9. The Kier molecular flexibility index (Phi) is 7.33. The highest BCUT2D eigenvalue weighted by Gasteiger charge is 2.31. The normalized spacial score (nSPS) is 14.3. The molecule has 1 aliphatic rings. The first-order chi connectivity index (χ1) is 16.8. The molecule has 4 rings (SSSR count). The van der Waals surface area contributed by atoms with E-state index in [9.17, 15) is 18.0 Å². The summed E-state index contributed by atoms with van der Waals surface area (Å²) in [7, 11) is 1.81. The van der Waals surface area contributed by atoms with Gasteiger partial charge < -0.3 is 19.1 Å². The van der Waals surface area contributed by atoms with Gasteiger partial charge in [0.25, 0.3) is 0 Å². The van der Waals surface area contributed by atoms with Gasteiger partial charge in [-0.05, 0) is 24.6 Å². The molecule has 9 heteroatoms. The Morgan fingerprint density at radius 3 is 2.43 bits per heavy atom. The SMILES string of the molecule is CCCc1nc(-c2ccccc2)c(N(C)CC(=O)N2CCN(c3cccc(C(F)(F)F)c3)CC2)o1. The number of piperazine rings is 1. The Bertz CT molecular complexity index is 1140. The second-order valence-electron chi connectivity index (χ2n) is 8.65. The summed E-state index contributed by atoms with van der Waals surface area (Å²) in [5.41, 5.74) is 1.47. The Balaban J connectivity index is 1.41. The van der Waals surface area contributed by atoms with Crippen LogP contribution in [0.4, 0.5) is 24.7 Å². The number of hydrogen-bond donors (Lipinski definition) is 0. The lowest BCUT2D eigenvalue weighted by molar-refractivity contribution is -0.137. The number of aryl methyl sites for hydroxylation is 1. The average molecular weight is 487 g/mol. The molecule has 0 bridgehead atoms. The predicted octanol–water partition coefficient (Wildman–Crippen LogP) is 5.10. The summed E-state index contributed by atoms with van der Waals surface area (Å²) in [4.78, 5) is 23.1. The van der Waals surface area contributed by atoms with E-state index in [1.54, 1.807) is 22.9 Å². The monoisotopic (exact) mass is 486 g/mol. The van der Waals surface area contributed by atoms with Crippen LogP contribution >= 0.6 is 0 Å². The second kappa shape index (κ2) is 10.4. The molecular formula is C26H29F3N4O2. The van der Waals surface area contributed by atoms with Crippen molar-refractivity contribution in [3.05, 3.63) is 66.1 Å². The van der Waals surface area contributed by atoms with Crippen molar-refractivity contribution >= 4 is 17.5 Å². The summed E-state index contributed by atoms with van der Waals surface area (Å²) in [6, 6.07) is 15.0. The summed E-state index contributed by atoms with van der Waals surface area (Å²) >= 11 is 0. The molecule has 0 N–H and O–H groups in total. The number of rotatable bonds is 7. The fraction of sp³-hybridized carbons (Fsp3) is 0.385. The van der Waals surface area contributed by atoms with Crippen LogP contribution < -0.4 is 9.80 Å². The number of amides is 1. The third kappa shape index (κ3) is 5.78. The molecule has 0 saturated carbocycles. The number of nitrogens with zero attached hydrogens (tertiary/aromatic N) is 4. The summed E-state index contributed by atoms with van der Waals surface area (Å²) in [6.07, 6.45) is -2.78. The second-order valence-corrected chi connectivity index (χ2v) is 8.65. The van der Waals surface area contributed by atoms with Gasteiger partial charge in [-0.15, -0.1) is 0 Å². The van der Waals surface area contributed by atoms with E-state index in [1.807, 2.05) is 35.2 Å². The summed E-state index contributed by atoms with van der Waals surface area (Å²) in [5, 5.41) is 0. The molecule has 1 amide bonds. The zero-order valence-electron chi connectivity index (χ0n) is 19.9. The molecule has 1 saturated heterocycles. The summed E-state index contributed by atoms with van der Waals surface area (Å²) < 4.78 is 45.2. The van der Waals surface area contributed by atoms with Crippen LogP contribution in [0.3, 0.4) is 0 Å².